The van der Waals surface area contributed by atoms with Gasteiger partial charge in [0.25, 0.3) is 0 Å². The van der Waals surface area contributed by atoms with E-state index in [0.717, 1.165) is 19.4 Å². The van der Waals surface area contributed by atoms with Crippen molar-refractivity contribution in [3.63, 3.8) is 0 Å². The Balaban J connectivity index is 2.65. The highest BCUT2D eigenvalue weighted by atomic mass is 35.5. The van der Waals surface area contributed by atoms with Gasteiger partial charge in [-0.1, -0.05) is 13.3 Å². The number of ether oxygens (including phenoxy) is 1. The number of aromatic nitrogens is 3. The van der Waals surface area contributed by atoms with Crippen LogP contribution in [0.25, 0.3) is 0 Å². The number of hydrogen-bond acceptors (Lipinski definition) is 5. The molecule has 6 heteroatoms. The lowest BCUT2D eigenvalue weighted by Crippen LogP contribution is -2.12. The van der Waals surface area contributed by atoms with Crippen molar-refractivity contribution in [1.82, 2.24) is 15.0 Å². The fraction of sp³-hybridized carbons (Fsp3) is 0.700. The predicted molar refractivity (Wildman–Crippen MR) is 64.0 cm³/mol. The first-order valence-electron chi connectivity index (χ1n) is 5.44. The van der Waals surface area contributed by atoms with E-state index in [-0.39, 0.29) is 17.4 Å². The molecule has 0 spiro atoms. The molecule has 1 rings (SSSR count). The zero-order valence-electron chi connectivity index (χ0n) is 9.83. The van der Waals surface area contributed by atoms with E-state index in [4.69, 9.17) is 16.3 Å². The van der Waals surface area contributed by atoms with Crippen LogP contribution < -0.4 is 10.1 Å². The fourth-order valence-electron chi connectivity index (χ4n) is 1.05. The Morgan fingerprint density at radius 2 is 2.06 bits per heavy atom. The Morgan fingerprint density at radius 3 is 2.69 bits per heavy atom. The van der Waals surface area contributed by atoms with Crippen molar-refractivity contribution in [3.05, 3.63) is 5.28 Å². The molecule has 0 saturated carbocycles. The minimum absolute atomic E-state index is 0.0157. The first-order chi connectivity index (χ1) is 7.61. The second kappa shape index (κ2) is 6.48. The average Bonchev–Trinajstić information content (AvgIpc) is 2.16. The molecular formula is C10H17ClN4O. The van der Waals surface area contributed by atoms with Gasteiger partial charge in [-0.15, -0.1) is 0 Å². The normalized spacial score (nSPS) is 10.6. The summed E-state index contributed by atoms with van der Waals surface area (Å²) in [5.41, 5.74) is 0. The summed E-state index contributed by atoms with van der Waals surface area (Å²) in [6, 6.07) is 0.258. The molecule has 0 atom stereocenters. The molecule has 1 aromatic rings. The monoisotopic (exact) mass is 244 g/mol. The molecule has 0 amide bonds. The summed E-state index contributed by atoms with van der Waals surface area (Å²) in [5, 5.41) is 3.22. The molecule has 0 fully saturated rings. The van der Waals surface area contributed by atoms with E-state index in [0.29, 0.717) is 5.95 Å². The predicted octanol–water partition coefficient (Wildman–Crippen LogP) is 2.52. The number of nitrogens with one attached hydrogen (secondary N) is 1. The molecule has 1 heterocycles. The van der Waals surface area contributed by atoms with Gasteiger partial charge in [0.1, 0.15) is 0 Å². The number of hydrogen-bond donors (Lipinski definition) is 1. The summed E-state index contributed by atoms with van der Waals surface area (Å²) in [4.78, 5) is 12.0. The molecule has 1 aromatic heterocycles. The maximum Gasteiger partial charge on any atom is 0.322 e. The maximum atomic E-state index is 5.76. The van der Waals surface area contributed by atoms with Crippen molar-refractivity contribution in [2.45, 2.75) is 39.7 Å². The number of halogens is 1. The largest absolute Gasteiger partial charge is 0.461 e. The fourth-order valence-corrected chi connectivity index (χ4v) is 1.20. The standard InChI is InChI=1S/C10H17ClN4O/c1-4-5-6-12-9-13-8(11)14-10(15-9)16-7(2)3/h7H,4-6H2,1-3H3,(H,12,13,14,15). The van der Waals surface area contributed by atoms with Crippen molar-refractivity contribution in [3.8, 4) is 6.01 Å². The van der Waals surface area contributed by atoms with Gasteiger partial charge in [-0.3, -0.25) is 0 Å². The van der Waals surface area contributed by atoms with Gasteiger partial charge in [-0.25, -0.2) is 0 Å². The lowest BCUT2D eigenvalue weighted by atomic mass is 10.3. The number of unbranched alkanes of at least 4 members (excludes halogenated alkanes) is 1. The van der Waals surface area contributed by atoms with Crippen LogP contribution in [0.15, 0.2) is 0 Å². The van der Waals surface area contributed by atoms with Crippen LogP contribution in [0.2, 0.25) is 5.28 Å². The van der Waals surface area contributed by atoms with E-state index in [1.54, 1.807) is 0 Å². The van der Waals surface area contributed by atoms with Crippen LogP contribution in [0.4, 0.5) is 5.95 Å². The van der Waals surface area contributed by atoms with Gasteiger partial charge in [-0.05, 0) is 31.9 Å². The third kappa shape index (κ3) is 4.61. The molecule has 0 bridgehead atoms. The van der Waals surface area contributed by atoms with Crippen LogP contribution in [0.5, 0.6) is 6.01 Å². The molecule has 16 heavy (non-hydrogen) atoms. The van der Waals surface area contributed by atoms with Crippen LogP contribution in [0.3, 0.4) is 0 Å². The van der Waals surface area contributed by atoms with E-state index >= 15 is 0 Å². The summed E-state index contributed by atoms with van der Waals surface area (Å²) in [5.74, 6) is 0.462. The highest BCUT2D eigenvalue weighted by Gasteiger charge is 2.06. The summed E-state index contributed by atoms with van der Waals surface area (Å²) in [6.45, 7) is 6.75. The second-order valence-electron chi connectivity index (χ2n) is 3.66. The quantitative estimate of drug-likeness (QED) is 0.780. The Hall–Kier alpha value is -1.10. The number of anilines is 1. The molecule has 0 radical (unpaired) electrons. The molecule has 90 valence electrons. The Morgan fingerprint density at radius 1 is 1.31 bits per heavy atom. The van der Waals surface area contributed by atoms with Crippen molar-refractivity contribution < 1.29 is 4.74 Å². The van der Waals surface area contributed by atoms with Crippen molar-refractivity contribution in [2.75, 3.05) is 11.9 Å². The van der Waals surface area contributed by atoms with Gasteiger partial charge < -0.3 is 10.1 Å². The highest BCUT2D eigenvalue weighted by Crippen LogP contribution is 2.12. The zero-order valence-corrected chi connectivity index (χ0v) is 10.6. The van der Waals surface area contributed by atoms with Gasteiger partial charge >= 0.3 is 6.01 Å². The third-order valence-electron chi connectivity index (χ3n) is 1.74. The lowest BCUT2D eigenvalue weighted by molar-refractivity contribution is 0.222. The summed E-state index contributed by atoms with van der Waals surface area (Å²) in [7, 11) is 0. The van der Waals surface area contributed by atoms with Crippen LogP contribution in [0, 0.1) is 0 Å². The molecule has 0 aliphatic carbocycles. The Kier molecular flexibility index (Phi) is 5.25. The van der Waals surface area contributed by atoms with Gasteiger partial charge in [-0.2, -0.15) is 15.0 Å². The van der Waals surface area contributed by atoms with E-state index in [9.17, 15) is 0 Å². The van der Waals surface area contributed by atoms with E-state index in [2.05, 4.69) is 27.2 Å². The van der Waals surface area contributed by atoms with Crippen LogP contribution in [-0.2, 0) is 0 Å². The topological polar surface area (TPSA) is 59.9 Å². The second-order valence-corrected chi connectivity index (χ2v) is 4.00. The summed E-state index contributed by atoms with van der Waals surface area (Å²) < 4.78 is 5.36. The minimum atomic E-state index is 0.0157. The smallest absolute Gasteiger partial charge is 0.322 e. The van der Waals surface area contributed by atoms with Gasteiger partial charge in [0, 0.05) is 6.54 Å². The Labute approximate surface area is 101 Å². The summed E-state index contributed by atoms with van der Waals surface area (Å²) >= 11 is 5.76. The van der Waals surface area contributed by atoms with Crippen LogP contribution in [-0.4, -0.2) is 27.6 Å². The van der Waals surface area contributed by atoms with E-state index in [1.165, 1.54) is 0 Å². The van der Waals surface area contributed by atoms with E-state index in [1.807, 2.05) is 13.8 Å². The number of nitrogens with zero attached hydrogens (tertiary/aromatic N) is 3. The lowest BCUT2D eigenvalue weighted by Gasteiger charge is -2.09. The van der Waals surface area contributed by atoms with Gasteiger partial charge in [0.15, 0.2) is 0 Å². The highest BCUT2D eigenvalue weighted by molar-refractivity contribution is 6.28. The van der Waals surface area contributed by atoms with Crippen molar-refractivity contribution >= 4 is 17.5 Å². The third-order valence-corrected chi connectivity index (χ3v) is 1.91. The number of rotatable bonds is 6. The molecule has 0 unspecified atom stereocenters. The Bertz CT molecular complexity index is 333. The van der Waals surface area contributed by atoms with Crippen molar-refractivity contribution in [1.29, 1.82) is 0 Å². The minimum Gasteiger partial charge on any atom is -0.461 e. The van der Waals surface area contributed by atoms with Crippen LogP contribution in [0.1, 0.15) is 33.6 Å². The molecule has 0 saturated heterocycles. The molecule has 5 nitrogen and oxygen atoms in total. The molecule has 0 aliphatic rings. The molecule has 1 N–H and O–H groups in total. The first-order valence-corrected chi connectivity index (χ1v) is 5.81. The van der Waals surface area contributed by atoms with Crippen LogP contribution >= 0.6 is 11.6 Å². The maximum absolute atomic E-state index is 5.76. The van der Waals surface area contributed by atoms with E-state index < -0.39 is 0 Å². The van der Waals surface area contributed by atoms with Crippen molar-refractivity contribution in [2.24, 2.45) is 0 Å². The van der Waals surface area contributed by atoms with Gasteiger partial charge in [0.05, 0.1) is 6.10 Å². The van der Waals surface area contributed by atoms with Gasteiger partial charge in [0.2, 0.25) is 11.2 Å². The zero-order chi connectivity index (χ0) is 12.0. The molecule has 0 aliphatic heterocycles. The molecular weight excluding hydrogens is 228 g/mol. The molecule has 0 aromatic carbocycles. The summed E-state index contributed by atoms with van der Waals surface area (Å²) in [6.07, 6.45) is 2.19. The average molecular weight is 245 g/mol. The SMILES string of the molecule is CCCCNc1nc(Cl)nc(OC(C)C)n1. The first kappa shape index (κ1) is 13.0.